The van der Waals surface area contributed by atoms with Crippen LogP contribution in [0.2, 0.25) is 5.02 Å². The van der Waals surface area contributed by atoms with E-state index in [1.54, 1.807) is 17.7 Å². The lowest BCUT2D eigenvalue weighted by molar-refractivity contribution is -0.144. The summed E-state index contributed by atoms with van der Waals surface area (Å²) in [6.45, 7) is 9.23. The molecule has 0 aliphatic carbocycles. The summed E-state index contributed by atoms with van der Waals surface area (Å²) in [4.78, 5) is 13.5. The summed E-state index contributed by atoms with van der Waals surface area (Å²) in [5.74, 6) is -0.247. The summed E-state index contributed by atoms with van der Waals surface area (Å²) in [6, 6.07) is 0. The molecule has 0 bridgehead atoms. The van der Waals surface area contributed by atoms with Crippen molar-refractivity contribution in [3.05, 3.63) is 29.1 Å². The number of halogens is 1. The van der Waals surface area contributed by atoms with E-state index in [4.69, 9.17) is 16.3 Å². The van der Waals surface area contributed by atoms with E-state index in [-0.39, 0.29) is 12.5 Å². The first-order valence-corrected chi connectivity index (χ1v) is 7.10. The Balaban J connectivity index is 2.82. The molecule has 1 heterocycles. The number of rotatable bonds is 8. The maximum absolute atomic E-state index is 11.6. The topological polar surface area (TPSA) is 47.4 Å². The van der Waals surface area contributed by atoms with Gasteiger partial charge < -0.3 is 4.74 Å². The highest BCUT2D eigenvalue weighted by molar-refractivity contribution is 6.31. The van der Waals surface area contributed by atoms with Gasteiger partial charge in [-0.15, -0.1) is 6.58 Å². The third kappa shape index (κ3) is 4.35. The fourth-order valence-corrected chi connectivity index (χ4v) is 2.31. The van der Waals surface area contributed by atoms with E-state index in [1.807, 2.05) is 18.9 Å². The second-order valence-corrected chi connectivity index (χ2v) is 4.83. The minimum Gasteiger partial charge on any atom is -0.465 e. The fraction of sp³-hybridized carbons (Fsp3) is 0.571. The molecule has 0 N–H and O–H groups in total. The molecule has 0 fully saturated rings. The molecule has 0 saturated carbocycles. The maximum Gasteiger partial charge on any atom is 0.320 e. The number of nitrogens with zero attached hydrogens (tertiary/aromatic N) is 3. The Hall–Kier alpha value is -1.33. The first-order chi connectivity index (χ1) is 9.53. The smallest absolute Gasteiger partial charge is 0.320 e. The summed E-state index contributed by atoms with van der Waals surface area (Å²) < 4.78 is 6.74. The van der Waals surface area contributed by atoms with Crippen LogP contribution in [-0.4, -0.2) is 40.3 Å². The molecule has 5 nitrogen and oxygen atoms in total. The van der Waals surface area contributed by atoms with Crippen molar-refractivity contribution in [1.29, 1.82) is 0 Å². The van der Waals surface area contributed by atoms with Gasteiger partial charge in [-0.3, -0.25) is 14.4 Å². The van der Waals surface area contributed by atoms with E-state index < -0.39 is 0 Å². The molecule has 0 saturated heterocycles. The summed E-state index contributed by atoms with van der Waals surface area (Å²) in [6.07, 6.45) is 2.54. The number of carbonyl (C=O) groups is 1. The Morgan fingerprint density at radius 3 is 2.75 bits per heavy atom. The van der Waals surface area contributed by atoms with Gasteiger partial charge in [0.05, 0.1) is 29.6 Å². The molecule has 1 aromatic rings. The van der Waals surface area contributed by atoms with E-state index in [0.29, 0.717) is 24.7 Å². The molecular formula is C14H22ClN3O2. The number of aryl methyl sites for hydroxylation is 2. The monoisotopic (exact) mass is 299 g/mol. The van der Waals surface area contributed by atoms with Crippen LogP contribution in [0.15, 0.2) is 12.7 Å². The highest BCUT2D eigenvalue weighted by Crippen LogP contribution is 2.22. The van der Waals surface area contributed by atoms with Gasteiger partial charge in [-0.2, -0.15) is 5.10 Å². The molecule has 20 heavy (non-hydrogen) atoms. The van der Waals surface area contributed by atoms with Crippen LogP contribution in [0.5, 0.6) is 0 Å². The molecule has 112 valence electrons. The predicted molar refractivity (Wildman–Crippen MR) is 79.7 cm³/mol. The molecule has 0 radical (unpaired) electrons. The zero-order chi connectivity index (χ0) is 15.1. The van der Waals surface area contributed by atoms with Crippen molar-refractivity contribution < 1.29 is 9.53 Å². The highest BCUT2D eigenvalue weighted by atomic mass is 35.5. The Bertz CT molecular complexity index is 471. The summed E-state index contributed by atoms with van der Waals surface area (Å²) >= 11 is 6.32. The summed E-state index contributed by atoms with van der Waals surface area (Å²) in [5.41, 5.74) is 1.77. The van der Waals surface area contributed by atoms with Gasteiger partial charge in [-0.25, -0.2) is 0 Å². The standard InChI is InChI=1S/C14H22ClN3O2/c1-5-8-18(10-13(19)20-7-3)9-12-14(15)11(6-2)16-17(12)4/h5H,1,6-10H2,2-4H3. The van der Waals surface area contributed by atoms with Gasteiger partial charge in [0.25, 0.3) is 0 Å². The Kier molecular flexibility index (Phi) is 6.75. The second-order valence-electron chi connectivity index (χ2n) is 4.45. The van der Waals surface area contributed by atoms with Gasteiger partial charge in [0.1, 0.15) is 0 Å². The van der Waals surface area contributed by atoms with Crippen molar-refractivity contribution in [2.24, 2.45) is 7.05 Å². The van der Waals surface area contributed by atoms with Crippen LogP contribution < -0.4 is 0 Å². The third-order valence-corrected chi connectivity index (χ3v) is 3.36. The minimum absolute atomic E-state index is 0.211. The molecule has 0 unspecified atom stereocenters. The lowest BCUT2D eigenvalue weighted by atomic mass is 10.3. The van der Waals surface area contributed by atoms with Gasteiger partial charge in [0, 0.05) is 20.1 Å². The third-order valence-electron chi connectivity index (χ3n) is 2.92. The van der Waals surface area contributed by atoms with E-state index >= 15 is 0 Å². The Labute approximate surface area is 125 Å². The van der Waals surface area contributed by atoms with Crippen molar-refractivity contribution in [2.45, 2.75) is 26.8 Å². The second kappa shape index (κ2) is 8.07. The number of hydrogen-bond donors (Lipinski definition) is 0. The van der Waals surface area contributed by atoms with Crippen molar-refractivity contribution in [3.8, 4) is 0 Å². The predicted octanol–water partition coefficient (Wildman–Crippen LogP) is 2.19. The van der Waals surface area contributed by atoms with Crippen LogP contribution in [0.3, 0.4) is 0 Å². The molecular weight excluding hydrogens is 278 g/mol. The molecule has 6 heteroatoms. The molecule has 1 rings (SSSR count). The number of ether oxygens (including phenoxy) is 1. The minimum atomic E-state index is -0.247. The molecule has 0 aromatic carbocycles. The average Bonchev–Trinajstić information content (AvgIpc) is 2.66. The number of hydrogen-bond acceptors (Lipinski definition) is 4. The highest BCUT2D eigenvalue weighted by Gasteiger charge is 2.18. The fourth-order valence-electron chi connectivity index (χ4n) is 1.96. The van der Waals surface area contributed by atoms with Gasteiger partial charge >= 0.3 is 5.97 Å². The van der Waals surface area contributed by atoms with Crippen LogP contribution in [0.4, 0.5) is 0 Å². The lowest BCUT2D eigenvalue weighted by Crippen LogP contribution is -2.31. The van der Waals surface area contributed by atoms with Gasteiger partial charge in [0.2, 0.25) is 0 Å². The maximum atomic E-state index is 11.6. The van der Waals surface area contributed by atoms with Crippen molar-refractivity contribution >= 4 is 17.6 Å². The summed E-state index contributed by atoms with van der Waals surface area (Å²) in [5, 5.41) is 5.05. The molecule has 0 aliphatic rings. The SMILES string of the molecule is C=CCN(CC(=O)OCC)Cc1c(Cl)c(CC)nn1C. The first kappa shape index (κ1) is 16.7. The Morgan fingerprint density at radius 2 is 2.25 bits per heavy atom. The molecule has 0 aliphatic heterocycles. The van der Waals surface area contributed by atoms with Gasteiger partial charge in [-0.1, -0.05) is 24.6 Å². The van der Waals surface area contributed by atoms with E-state index in [9.17, 15) is 4.79 Å². The lowest BCUT2D eigenvalue weighted by Gasteiger charge is -2.19. The van der Waals surface area contributed by atoms with Crippen molar-refractivity contribution in [1.82, 2.24) is 14.7 Å². The quantitative estimate of drug-likeness (QED) is 0.545. The van der Waals surface area contributed by atoms with Crippen LogP contribution in [0.1, 0.15) is 25.2 Å². The average molecular weight is 300 g/mol. The molecule has 0 atom stereocenters. The zero-order valence-corrected chi connectivity index (χ0v) is 13.1. The molecule has 0 spiro atoms. The van der Waals surface area contributed by atoms with Crippen LogP contribution in [-0.2, 0) is 29.5 Å². The van der Waals surface area contributed by atoms with E-state index in [0.717, 1.165) is 17.8 Å². The molecule has 1 aromatic heterocycles. The number of esters is 1. The molecule has 0 amide bonds. The zero-order valence-electron chi connectivity index (χ0n) is 12.4. The van der Waals surface area contributed by atoms with Crippen LogP contribution in [0, 0.1) is 0 Å². The van der Waals surface area contributed by atoms with Crippen molar-refractivity contribution in [2.75, 3.05) is 19.7 Å². The largest absolute Gasteiger partial charge is 0.465 e. The van der Waals surface area contributed by atoms with Crippen molar-refractivity contribution in [3.63, 3.8) is 0 Å². The van der Waals surface area contributed by atoms with E-state index in [2.05, 4.69) is 11.7 Å². The Morgan fingerprint density at radius 1 is 1.55 bits per heavy atom. The number of aromatic nitrogens is 2. The van der Waals surface area contributed by atoms with E-state index in [1.165, 1.54) is 0 Å². The van der Waals surface area contributed by atoms with Gasteiger partial charge in [-0.05, 0) is 13.3 Å². The van der Waals surface area contributed by atoms with Crippen LogP contribution in [0.25, 0.3) is 0 Å². The first-order valence-electron chi connectivity index (χ1n) is 6.72. The van der Waals surface area contributed by atoms with Gasteiger partial charge in [0.15, 0.2) is 0 Å². The summed E-state index contributed by atoms with van der Waals surface area (Å²) in [7, 11) is 1.86. The normalized spacial score (nSPS) is 10.8. The number of carbonyl (C=O) groups excluding carboxylic acids is 1. The van der Waals surface area contributed by atoms with Crippen LogP contribution >= 0.6 is 11.6 Å².